The monoisotopic (exact) mass is 275 g/mol. The van der Waals surface area contributed by atoms with Gasteiger partial charge in [-0.1, -0.05) is 13.8 Å². The second-order valence-electron chi connectivity index (χ2n) is 3.21. The van der Waals surface area contributed by atoms with Crippen LogP contribution in [0.2, 0.25) is 0 Å². The Hall–Kier alpha value is -0.350. The van der Waals surface area contributed by atoms with Gasteiger partial charge < -0.3 is 5.73 Å². The maximum absolute atomic E-state index is 11.9. The maximum atomic E-state index is 11.9. The van der Waals surface area contributed by atoms with E-state index in [1.165, 1.54) is 0 Å². The predicted octanol–water partition coefficient (Wildman–Crippen LogP) is 2.94. The Morgan fingerprint density at radius 3 is 2.71 bits per heavy atom. The summed E-state index contributed by atoms with van der Waals surface area (Å²) in [6, 6.07) is 5.39. The lowest BCUT2D eigenvalue weighted by Gasteiger charge is -2.10. The van der Waals surface area contributed by atoms with Crippen molar-refractivity contribution in [3.63, 3.8) is 0 Å². The van der Waals surface area contributed by atoms with Crippen molar-refractivity contribution in [1.82, 2.24) is 0 Å². The van der Waals surface area contributed by atoms with Crippen LogP contribution in [0.3, 0.4) is 0 Å². The SMILES string of the molecule is CCC(C)S(=O)c1ccc(N)cc1Br. The van der Waals surface area contributed by atoms with Crippen molar-refractivity contribution in [3.8, 4) is 0 Å². The van der Waals surface area contributed by atoms with E-state index in [1.54, 1.807) is 12.1 Å². The van der Waals surface area contributed by atoms with Crippen molar-refractivity contribution in [2.45, 2.75) is 30.4 Å². The fourth-order valence-electron chi connectivity index (χ4n) is 1.05. The normalized spacial score (nSPS) is 15.1. The van der Waals surface area contributed by atoms with Gasteiger partial charge in [0.25, 0.3) is 0 Å². The first-order valence-electron chi connectivity index (χ1n) is 4.51. The summed E-state index contributed by atoms with van der Waals surface area (Å²) < 4.78 is 12.8. The molecule has 14 heavy (non-hydrogen) atoms. The molecule has 0 bridgehead atoms. The third kappa shape index (κ3) is 2.58. The molecular formula is C10H14BrNOS. The van der Waals surface area contributed by atoms with Crippen LogP contribution in [0.15, 0.2) is 27.6 Å². The fraction of sp³-hybridized carbons (Fsp3) is 0.400. The lowest BCUT2D eigenvalue weighted by atomic mass is 10.3. The molecule has 78 valence electrons. The summed E-state index contributed by atoms with van der Waals surface area (Å²) in [4.78, 5) is 0.827. The maximum Gasteiger partial charge on any atom is 0.0569 e. The average molecular weight is 276 g/mol. The van der Waals surface area contributed by atoms with E-state index in [-0.39, 0.29) is 5.25 Å². The number of anilines is 1. The molecule has 2 atom stereocenters. The predicted molar refractivity (Wildman–Crippen MR) is 64.7 cm³/mol. The van der Waals surface area contributed by atoms with E-state index in [0.29, 0.717) is 5.69 Å². The molecule has 0 aromatic heterocycles. The minimum absolute atomic E-state index is 0.176. The van der Waals surface area contributed by atoms with Crippen molar-refractivity contribution in [1.29, 1.82) is 0 Å². The highest BCUT2D eigenvalue weighted by molar-refractivity contribution is 9.10. The summed E-state index contributed by atoms with van der Waals surface area (Å²) in [5.41, 5.74) is 6.29. The number of rotatable bonds is 3. The molecule has 0 amide bonds. The second kappa shape index (κ2) is 4.94. The van der Waals surface area contributed by atoms with Crippen LogP contribution in [0.5, 0.6) is 0 Å². The Morgan fingerprint density at radius 2 is 2.21 bits per heavy atom. The number of nitrogens with two attached hydrogens (primary N) is 1. The van der Waals surface area contributed by atoms with Gasteiger partial charge in [-0.3, -0.25) is 4.21 Å². The standard InChI is InChI=1S/C10H14BrNOS/c1-3-7(2)14(13)10-5-4-8(12)6-9(10)11/h4-7H,3,12H2,1-2H3. The molecule has 2 N–H and O–H groups in total. The first kappa shape index (κ1) is 11.7. The highest BCUT2D eigenvalue weighted by Gasteiger charge is 2.14. The highest BCUT2D eigenvalue weighted by Crippen LogP contribution is 2.25. The van der Waals surface area contributed by atoms with Crippen LogP contribution in [0.4, 0.5) is 5.69 Å². The molecule has 0 heterocycles. The first-order chi connectivity index (χ1) is 6.56. The molecule has 0 spiro atoms. The van der Waals surface area contributed by atoms with E-state index in [1.807, 2.05) is 19.9 Å². The van der Waals surface area contributed by atoms with E-state index in [9.17, 15) is 4.21 Å². The summed E-state index contributed by atoms with van der Waals surface area (Å²) in [6.45, 7) is 4.02. The number of halogens is 1. The van der Waals surface area contributed by atoms with E-state index < -0.39 is 10.8 Å². The van der Waals surface area contributed by atoms with Crippen molar-refractivity contribution in [3.05, 3.63) is 22.7 Å². The van der Waals surface area contributed by atoms with Crippen LogP contribution in [-0.4, -0.2) is 9.46 Å². The largest absolute Gasteiger partial charge is 0.399 e. The van der Waals surface area contributed by atoms with Crippen LogP contribution < -0.4 is 5.73 Å². The molecular weight excluding hydrogens is 262 g/mol. The Balaban J connectivity index is 3.02. The van der Waals surface area contributed by atoms with Gasteiger partial charge in [0.15, 0.2) is 0 Å². The number of nitrogen functional groups attached to an aromatic ring is 1. The Labute approximate surface area is 95.5 Å². The molecule has 1 rings (SSSR count). The van der Waals surface area contributed by atoms with Gasteiger partial charge in [-0.25, -0.2) is 0 Å². The first-order valence-corrected chi connectivity index (χ1v) is 6.52. The zero-order valence-electron chi connectivity index (χ0n) is 8.29. The van der Waals surface area contributed by atoms with Crippen molar-refractivity contribution in [2.75, 3.05) is 5.73 Å². The molecule has 2 nitrogen and oxygen atoms in total. The molecule has 0 radical (unpaired) electrons. The van der Waals surface area contributed by atoms with Crippen molar-refractivity contribution in [2.24, 2.45) is 0 Å². The summed E-state index contributed by atoms with van der Waals surface area (Å²) in [7, 11) is -0.950. The van der Waals surface area contributed by atoms with E-state index in [2.05, 4.69) is 15.9 Å². The quantitative estimate of drug-likeness (QED) is 0.862. The highest BCUT2D eigenvalue weighted by atomic mass is 79.9. The van der Waals surface area contributed by atoms with Gasteiger partial charge in [-0.15, -0.1) is 0 Å². The molecule has 2 unspecified atom stereocenters. The number of hydrogen-bond donors (Lipinski definition) is 1. The van der Waals surface area contributed by atoms with E-state index in [0.717, 1.165) is 15.8 Å². The van der Waals surface area contributed by atoms with Crippen LogP contribution in [0.1, 0.15) is 20.3 Å². The Kier molecular flexibility index (Phi) is 4.13. The van der Waals surface area contributed by atoms with Crippen LogP contribution in [-0.2, 0) is 10.8 Å². The molecule has 0 saturated carbocycles. The summed E-state index contributed by atoms with van der Waals surface area (Å²) >= 11 is 3.37. The minimum atomic E-state index is -0.950. The van der Waals surface area contributed by atoms with Gasteiger partial charge in [-0.2, -0.15) is 0 Å². The summed E-state index contributed by atoms with van der Waals surface area (Å²) in [6.07, 6.45) is 0.906. The van der Waals surface area contributed by atoms with Gasteiger partial charge in [-0.05, 0) is 40.5 Å². The van der Waals surface area contributed by atoms with Gasteiger partial charge in [0, 0.05) is 15.4 Å². The van der Waals surface area contributed by atoms with E-state index >= 15 is 0 Å². The molecule has 0 aliphatic heterocycles. The minimum Gasteiger partial charge on any atom is -0.399 e. The summed E-state index contributed by atoms with van der Waals surface area (Å²) in [5.74, 6) is 0. The third-order valence-electron chi connectivity index (χ3n) is 2.11. The average Bonchev–Trinajstić information content (AvgIpc) is 2.15. The van der Waals surface area contributed by atoms with Crippen LogP contribution in [0, 0.1) is 0 Å². The van der Waals surface area contributed by atoms with Crippen LogP contribution in [0.25, 0.3) is 0 Å². The molecule has 4 heteroatoms. The number of benzene rings is 1. The molecule has 1 aromatic rings. The van der Waals surface area contributed by atoms with Gasteiger partial charge >= 0.3 is 0 Å². The lowest BCUT2D eigenvalue weighted by molar-refractivity contribution is 0.670. The van der Waals surface area contributed by atoms with Gasteiger partial charge in [0.1, 0.15) is 0 Å². The topological polar surface area (TPSA) is 43.1 Å². The van der Waals surface area contributed by atoms with Gasteiger partial charge in [0.05, 0.1) is 15.7 Å². The van der Waals surface area contributed by atoms with Gasteiger partial charge in [0.2, 0.25) is 0 Å². The molecule has 0 aliphatic rings. The molecule has 0 fully saturated rings. The van der Waals surface area contributed by atoms with Crippen molar-refractivity contribution < 1.29 is 4.21 Å². The zero-order chi connectivity index (χ0) is 10.7. The van der Waals surface area contributed by atoms with E-state index in [4.69, 9.17) is 5.73 Å². The Bertz CT molecular complexity index is 354. The van der Waals surface area contributed by atoms with Crippen molar-refractivity contribution >= 4 is 32.4 Å². The summed E-state index contributed by atoms with van der Waals surface area (Å²) in [5, 5.41) is 0.176. The lowest BCUT2D eigenvalue weighted by Crippen LogP contribution is -2.09. The number of hydrogen-bond acceptors (Lipinski definition) is 2. The smallest absolute Gasteiger partial charge is 0.0569 e. The molecule has 0 aliphatic carbocycles. The molecule has 1 aromatic carbocycles. The molecule has 0 saturated heterocycles. The second-order valence-corrected chi connectivity index (χ2v) is 5.90. The van der Waals surface area contributed by atoms with Crippen LogP contribution >= 0.6 is 15.9 Å². The zero-order valence-corrected chi connectivity index (χ0v) is 10.7. The Morgan fingerprint density at radius 1 is 1.57 bits per heavy atom. The third-order valence-corrected chi connectivity index (χ3v) is 4.89. The fourth-order valence-corrected chi connectivity index (χ4v) is 3.11.